The number of nitrogens with two attached hydrogens (primary N) is 1. The van der Waals surface area contributed by atoms with Gasteiger partial charge in [-0.05, 0) is 25.1 Å². The van der Waals surface area contributed by atoms with Crippen LogP contribution in [0.15, 0.2) is 18.2 Å². The molecule has 1 heterocycles. The highest BCUT2D eigenvalue weighted by Gasteiger charge is 2.32. The average Bonchev–Trinajstić information content (AvgIpc) is 2.78. The van der Waals surface area contributed by atoms with E-state index in [4.69, 9.17) is 10.5 Å². The molecule has 104 valence electrons. The second-order valence-corrected chi connectivity index (χ2v) is 4.70. The van der Waals surface area contributed by atoms with Gasteiger partial charge in [-0.25, -0.2) is 8.78 Å². The van der Waals surface area contributed by atoms with E-state index >= 15 is 0 Å². The standard InChI is InChI=1S/C13H16F2N2O2/c1-7(9-4-8(14)2-3-11(9)15)17-13(18)10-5-19-6-12(10)16/h2-4,7,10,12H,5-6,16H2,1H3,(H,17,18). The molecule has 0 aromatic heterocycles. The first kappa shape index (κ1) is 13.9. The second-order valence-electron chi connectivity index (χ2n) is 4.70. The van der Waals surface area contributed by atoms with Crippen molar-refractivity contribution >= 4 is 5.91 Å². The van der Waals surface area contributed by atoms with Crippen molar-refractivity contribution in [2.24, 2.45) is 11.7 Å². The zero-order valence-electron chi connectivity index (χ0n) is 10.5. The van der Waals surface area contributed by atoms with Crippen LogP contribution in [0.4, 0.5) is 8.78 Å². The number of benzene rings is 1. The summed E-state index contributed by atoms with van der Waals surface area (Å²) in [6.07, 6.45) is 0. The fourth-order valence-electron chi connectivity index (χ4n) is 2.09. The van der Waals surface area contributed by atoms with E-state index in [2.05, 4.69) is 5.32 Å². The summed E-state index contributed by atoms with van der Waals surface area (Å²) in [5.74, 6) is -1.85. The van der Waals surface area contributed by atoms with Gasteiger partial charge in [-0.15, -0.1) is 0 Å². The van der Waals surface area contributed by atoms with Gasteiger partial charge in [0.1, 0.15) is 11.6 Å². The van der Waals surface area contributed by atoms with Crippen LogP contribution in [0.5, 0.6) is 0 Å². The van der Waals surface area contributed by atoms with E-state index in [0.717, 1.165) is 18.2 Å². The van der Waals surface area contributed by atoms with Gasteiger partial charge in [0.05, 0.1) is 25.2 Å². The van der Waals surface area contributed by atoms with E-state index < -0.39 is 23.6 Å². The number of ether oxygens (including phenoxy) is 1. The van der Waals surface area contributed by atoms with Gasteiger partial charge in [-0.3, -0.25) is 4.79 Å². The van der Waals surface area contributed by atoms with Crippen molar-refractivity contribution in [3.8, 4) is 0 Å². The number of rotatable bonds is 3. The average molecular weight is 270 g/mol. The van der Waals surface area contributed by atoms with Gasteiger partial charge < -0.3 is 15.8 Å². The van der Waals surface area contributed by atoms with Crippen LogP contribution in [0.2, 0.25) is 0 Å². The van der Waals surface area contributed by atoms with Gasteiger partial charge in [-0.2, -0.15) is 0 Å². The normalized spacial score (nSPS) is 24.2. The zero-order chi connectivity index (χ0) is 14.0. The number of amides is 1. The summed E-state index contributed by atoms with van der Waals surface area (Å²) < 4.78 is 31.7. The van der Waals surface area contributed by atoms with Crippen LogP contribution in [0.1, 0.15) is 18.5 Å². The van der Waals surface area contributed by atoms with Crippen molar-refractivity contribution < 1.29 is 18.3 Å². The van der Waals surface area contributed by atoms with Crippen molar-refractivity contribution in [3.63, 3.8) is 0 Å². The summed E-state index contributed by atoms with van der Waals surface area (Å²) in [6.45, 7) is 2.18. The topological polar surface area (TPSA) is 64.3 Å². The molecule has 0 bridgehead atoms. The van der Waals surface area contributed by atoms with E-state index in [1.165, 1.54) is 0 Å². The minimum absolute atomic E-state index is 0.112. The molecule has 3 unspecified atom stereocenters. The molecular weight excluding hydrogens is 254 g/mol. The summed E-state index contributed by atoms with van der Waals surface area (Å²) in [5, 5.41) is 2.63. The molecule has 0 aliphatic carbocycles. The quantitative estimate of drug-likeness (QED) is 0.865. The van der Waals surface area contributed by atoms with E-state index in [1.807, 2.05) is 0 Å². The molecule has 19 heavy (non-hydrogen) atoms. The van der Waals surface area contributed by atoms with Crippen molar-refractivity contribution in [1.29, 1.82) is 0 Å². The fourth-order valence-corrected chi connectivity index (χ4v) is 2.09. The molecule has 1 aliphatic heterocycles. The predicted octanol–water partition coefficient (Wildman–Crippen LogP) is 1.12. The third-order valence-electron chi connectivity index (χ3n) is 3.24. The Bertz CT molecular complexity index is 482. The summed E-state index contributed by atoms with van der Waals surface area (Å²) >= 11 is 0. The Balaban J connectivity index is 2.06. The lowest BCUT2D eigenvalue weighted by Crippen LogP contribution is -2.41. The molecule has 1 fully saturated rings. The fraction of sp³-hybridized carbons (Fsp3) is 0.462. The molecule has 1 amide bonds. The maximum absolute atomic E-state index is 13.6. The lowest BCUT2D eigenvalue weighted by Gasteiger charge is -2.19. The zero-order valence-corrected chi connectivity index (χ0v) is 10.5. The summed E-state index contributed by atoms with van der Waals surface area (Å²) in [6, 6.07) is 2.16. The smallest absolute Gasteiger partial charge is 0.227 e. The third-order valence-corrected chi connectivity index (χ3v) is 3.24. The SMILES string of the molecule is CC(NC(=O)C1COCC1N)c1cc(F)ccc1F. The Morgan fingerprint density at radius 1 is 1.47 bits per heavy atom. The van der Waals surface area contributed by atoms with E-state index in [0.29, 0.717) is 6.61 Å². The summed E-state index contributed by atoms with van der Waals surface area (Å²) in [5.41, 5.74) is 5.84. The van der Waals surface area contributed by atoms with Crippen molar-refractivity contribution in [2.45, 2.75) is 19.0 Å². The van der Waals surface area contributed by atoms with Gasteiger partial charge in [0, 0.05) is 11.6 Å². The Hall–Kier alpha value is -1.53. The first-order valence-electron chi connectivity index (χ1n) is 6.07. The van der Waals surface area contributed by atoms with Crippen LogP contribution in [0.3, 0.4) is 0 Å². The highest BCUT2D eigenvalue weighted by atomic mass is 19.1. The molecule has 1 aliphatic rings. The van der Waals surface area contributed by atoms with Gasteiger partial charge in [0.15, 0.2) is 0 Å². The molecule has 6 heteroatoms. The first-order chi connectivity index (χ1) is 8.99. The minimum atomic E-state index is -0.629. The van der Waals surface area contributed by atoms with Crippen LogP contribution < -0.4 is 11.1 Å². The first-order valence-corrected chi connectivity index (χ1v) is 6.07. The van der Waals surface area contributed by atoms with E-state index in [9.17, 15) is 13.6 Å². The van der Waals surface area contributed by atoms with Crippen LogP contribution in [0, 0.1) is 17.6 Å². The largest absolute Gasteiger partial charge is 0.379 e. The second kappa shape index (κ2) is 5.63. The number of hydrogen-bond donors (Lipinski definition) is 2. The number of nitrogens with one attached hydrogen (secondary N) is 1. The summed E-state index contributed by atoms with van der Waals surface area (Å²) in [7, 11) is 0. The predicted molar refractivity (Wildman–Crippen MR) is 65.2 cm³/mol. The number of carbonyl (C=O) groups is 1. The molecule has 3 atom stereocenters. The molecule has 0 spiro atoms. The van der Waals surface area contributed by atoms with Crippen molar-refractivity contribution in [1.82, 2.24) is 5.32 Å². The number of halogens is 2. The maximum Gasteiger partial charge on any atom is 0.227 e. The van der Waals surface area contributed by atoms with Crippen molar-refractivity contribution in [2.75, 3.05) is 13.2 Å². The molecule has 2 rings (SSSR count). The summed E-state index contributed by atoms with van der Waals surface area (Å²) in [4.78, 5) is 11.9. The molecular formula is C13H16F2N2O2. The highest BCUT2D eigenvalue weighted by Crippen LogP contribution is 2.19. The monoisotopic (exact) mass is 270 g/mol. The van der Waals surface area contributed by atoms with Crippen LogP contribution in [0.25, 0.3) is 0 Å². The van der Waals surface area contributed by atoms with Crippen LogP contribution in [-0.2, 0) is 9.53 Å². The van der Waals surface area contributed by atoms with Gasteiger partial charge in [-0.1, -0.05) is 0 Å². The minimum Gasteiger partial charge on any atom is -0.379 e. The molecule has 1 aromatic rings. The third kappa shape index (κ3) is 3.08. The van der Waals surface area contributed by atoms with Crippen LogP contribution >= 0.6 is 0 Å². The van der Waals surface area contributed by atoms with Crippen LogP contribution in [-0.4, -0.2) is 25.2 Å². The lowest BCUT2D eigenvalue weighted by atomic mass is 10.0. The van der Waals surface area contributed by atoms with E-state index in [1.54, 1.807) is 6.92 Å². The Labute approximate surface area is 109 Å². The molecule has 0 saturated carbocycles. The number of carbonyl (C=O) groups excluding carboxylic acids is 1. The number of hydrogen-bond acceptors (Lipinski definition) is 3. The lowest BCUT2D eigenvalue weighted by molar-refractivity contribution is -0.125. The molecule has 1 saturated heterocycles. The van der Waals surface area contributed by atoms with Crippen molar-refractivity contribution in [3.05, 3.63) is 35.4 Å². The molecule has 4 nitrogen and oxygen atoms in total. The maximum atomic E-state index is 13.6. The van der Waals surface area contributed by atoms with Gasteiger partial charge in [0.2, 0.25) is 5.91 Å². The highest BCUT2D eigenvalue weighted by molar-refractivity contribution is 5.80. The van der Waals surface area contributed by atoms with Gasteiger partial charge in [0.25, 0.3) is 0 Å². The van der Waals surface area contributed by atoms with E-state index in [-0.39, 0.29) is 24.1 Å². The molecule has 1 aromatic carbocycles. The molecule has 3 N–H and O–H groups in total. The van der Waals surface area contributed by atoms with Gasteiger partial charge >= 0.3 is 0 Å². The Morgan fingerprint density at radius 3 is 2.84 bits per heavy atom. The Morgan fingerprint density at radius 2 is 2.21 bits per heavy atom. The Kier molecular flexibility index (Phi) is 4.11. The molecule has 0 radical (unpaired) electrons.